The summed E-state index contributed by atoms with van der Waals surface area (Å²) < 4.78 is 0. The second kappa shape index (κ2) is 14.5. The van der Waals surface area contributed by atoms with Gasteiger partial charge >= 0.3 is 0 Å². The van der Waals surface area contributed by atoms with E-state index in [1.807, 2.05) is 0 Å². The standard InChI is InChI=1S/C20H42N2/c1-3-4-5-6-7-8-9-10-11-12-13-14-15-16-17-22-19-18-21(2)20-22/h3-20H2,1-2H3/p+1. The number of hydrogen-bond acceptors (Lipinski definition) is 1. The van der Waals surface area contributed by atoms with E-state index in [2.05, 4.69) is 18.9 Å². The lowest BCUT2D eigenvalue weighted by atomic mass is 10.0. The Hall–Kier alpha value is -0.0800. The number of likely N-dealkylation sites (N-methyl/N-ethyl adjacent to an activating group) is 1. The summed E-state index contributed by atoms with van der Waals surface area (Å²) in [6.07, 6.45) is 20.5. The van der Waals surface area contributed by atoms with Gasteiger partial charge in [-0.25, -0.2) is 0 Å². The molecular weight excluding hydrogens is 268 g/mol. The fourth-order valence-electron chi connectivity index (χ4n) is 3.66. The average molecular weight is 312 g/mol. The van der Waals surface area contributed by atoms with Crippen LogP contribution in [0, 0.1) is 0 Å². The number of unbranched alkanes of at least 4 members (excludes halogenated alkanes) is 13. The maximum absolute atomic E-state index is 2.46. The van der Waals surface area contributed by atoms with Crippen molar-refractivity contribution >= 4 is 0 Å². The van der Waals surface area contributed by atoms with Crippen molar-refractivity contribution in [2.75, 3.05) is 33.4 Å². The van der Waals surface area contributed by atoms with Crippen LogP contribution in [0.1, 0.15) is 96.8 Å². The lowest BCUT2D eigenvalue weighted by Gasteiger charge is -2.12. The van der Waals surface area contributed by atoms with Crippen LogP contribution in [-0.4, -0.2) is 38.3 Å². The highest BCUT2D eigenvalue weighted by Gasteiger charge is 2.18. The third-order valence-corrected chi connectivity index (χ3v) is 5.22. The predicted octanol–water partition coefficient (Wildman–Crippen LogP) is 4.26. The molecule has 0 aromatic carbocycles. The number of rotatable bonds is 15. The van der Waals surface area contributed by atoms with Crippen LogP contribution in [-0.2, 0) is 0 Å². The summed E-state index contributed by atoms with van der Waals surface area (Å²) in [6, 6.07) is 0. The predicted molar refractivity (Wildman–Crippen MR) is 98.5 cm³/mol. The highest BCUT2D eigenvalue weighted by molar-refractivity contribution is 4.51. The molecule has 0 aromatic heterocycles. The molecule has 0 amide bonds. The van der Waals surface area contributed by atoms with Crippen molar-refractivity contribution in [2.24, 2.45) is 0 Å². The zero-order chi connectivity index (χ0) is 15.9. The lowest BCUT2D eigenvalue weighted by Crippen LogP contribution is -3.10. The second-order valence-corrected chi connectivity index (χ2v) is 7.58. The summed E-state index contributed by atoms with van der Waals surface area (Å²) in [5.41, 5.74) is 0. The van der Waals surface area contributed by atoms with E-state index in [0.717, 1.165) is 0 Å². The molecule has 132 valence electrons. The van der Waals surface area contributed by atoms with Crippen LogP contribution in [0.2, 0.25) is 0 Å². The zero-order valence-electron chi connectivity index (χ0n) is 15.7. The van der Waals surface area contributed by atoms with Gasteiger partial charge in [0, 0.05) is 0 Å². The van der Waals surface area contributed by atoms with E-state index >= 15 is 0 Å². The van der Waals surface area contributed by atoms with E-state index in [1.54, 1.807) is 4.90 Å². The van der Waals surface area contributed by atoms with E-state index in [1.165, 1.54) is 116 Å². The maximum Gasteiger partial charge on any atom is 0.133 e. The summed E-state index contributed by atoms with van der Waals surface area (Å²) in [7, 11) is 2.25. The van der Waals surface area contributed by atoms with Gasteiger partial charge in [0.25, 0.3) is 0 Å². The van der Waals surface area contributed by atoms with Crippen molar-refractivity contribution in [1.82, 2.24) is 4.90 Å². The Bertz CT molecular complexity index is 230. The Balaban J connectivity index is 1.68. The van der Waals surface area contributed by atoms with Crippen molar-refractivity contribution in [3.63, 3.8) is 0 Å². The molecule has 1 saturated heterocycles. The van der Waals surface area contributed by atoms with Crippen molar-refractivity contribution in [1.29, 1.82) is 0 Å². The van der Waals surface area contributed by atoms with E-state index in [0.29, 0.717) is 0 Å². The highest BCUT2D eigenvalue weighted by Crippen LogP contribution is 2.12. The third-order valence-electron chi connectivity index (χ3n) is 5.22. The normalized spacial score (nSPS) is 19.1. The van der Waals surface area contributed by atoms with E-state index in [-0.39, 0.29) is 0 Å². The Kier molecular flexibility index (Phi) is 13.2. The molecule has 1 N–H and O–H groups in total. The molecule has 1 heterocycles. The van der Waals surface area contributed by atoms with Crippen LogP contribution >= 0.6 is 0 Å². The number of nitrogens with zero attached hydrogens (tertiary/aromatic N) is 1. The van der Waals surface area contributed by atoms with Crippen molar-refractivity contribution in [3.8, 4) is 0 Å². The topological polar surface area (TPSA) is 7.68 Å². The van der Waals surface area contributed by atoms with Gasteiger partial charge in [0.05, 0.1) is 19.6 Å². The van der Waals surface area contributed by atoms with E-state index < -0.39 is 0 Å². The van der Waals surface area contributed by atoms with Gasteiger partial charge in [0.2, 0.25) is 0 Å². The number of hydrogen-bond donors (Lipinski definition) is 1. The van der Waals surface area contributed by atoms with Crippen molar-refractivity contribution in [2.45, 2.75) is 96.8 Å². The first-order chi connectivity index (χ1) is 10.8. The van der Waals surface area contributed by atoms with Gasteiger partial charge in [-0.1, -0.05) is 84.0 Å². The van der Waals surface area contributed by atoms with Crippen molar-refractivity contribution < 1.29 is 4.90 Å². The van der Waals surface area contributed by atoms with Gasteiger partial charge in [-0.15, -0.1) is 0 Å². The molecule has 0 bridgehead atoms. The van der Waals surface area contributed by atoms with E-state index in [9.17, 15) is 0 Å². The molecule has 1 fully saturated rings. The van der Waals surface area contributed by atoms with E-state index in [4.69, 9.17) is 0 Å². The minimum atomic E-state index is 1.28. The summed E-state index contributed by atoms with van der Waals surface area (Å²) >= 11 is 0. The molecule has 1 atom stereocenters. The molecule has 22 heavy (non-hydrogen) atoms. The molecule has 1 rings (SSSR count). The Morgan fingerprint density at radius 2 is 1.14 bits per heavy atom. The molecule has 0 aliphatic carbocycles. The van der Waals surface area contributed by atoms with Crippen LogP contribution in [0.15, 0.2) is 0 Å². The number of nitrogens with one attached hydrogen (secondary N) is 1. The smallest absolute Gasteiger partial charge is 0.133 e. The van der Waals surface area contributed by atoms with Gasteiger partial charge in [-0.05, 0) is 19.9 Å². The van der Waals surface area contributed by atoms with Gasteiger partial charge in [-0.2, -0.15) is 0 Å². The minimum absolute atomic E-state index is 1.28. The second-order valence-electron chi connectivity index (χ2n) is 7.58. The molecule has 2 nitrogen and oxygen atoms in total. The highest BCUT2D eigenvalue weighted by atomic mass is 15.4. The van der Waals surface area contributed by atoms with Crippen LogP contribution in [0.5, 0.6) is 0 Å². The monoisotopic (exact) mass is 311 g/mol. The molecule has 1 aliphatic rings. The fraction of sp³-hybridized carbons (Fsp3) is 1.00. The quantitative estimate of drug-likeness (QED) is 0.444. The first kappa shape index (κ1) is 20.0. The molecule has 0 radical (unpaired) electrons. The molecule has 0 aromatic rings. The molecule has 0 spiro atoms. The van der Waals surface area contributed by atoms with Gasteiger partial charge in [0.1, 0.15) is 6.67 Å². The minimum Gasteiger partial charge on any atom is -0.321 e. The molecule has 2 heteroatoms. The summed E-state index contributed by atoms with van der Waals surface area (Å²) in [6.45, 7) is 7.65. The first-order valence-electron chi connectivity index (χ1n) is 10.3. The van der Waals surface area contributed by atoms with Crippen LogP contribution < -0.4 is 4.90 Å². The van der Waals surface area contributed by atoms with Crippen molar-refractivity contribution in [3.05, 3.63) is 0 Å². The van der Waals surface area contributed by atoms with Crippen LogP contribution in [0.4, 0.5) is 0 Å². The Labute approximate surface area is 140 Å². The third kappa shape index (κ3) is 11.5. The SMILES string of the molecule is CCCCCCCCCCCCCCCC[NH+]1CCN(C)C1. The Morgan fingerprint density at radius 3 is 1.55 bits per heavy atom. The zero-order valence-corrected chi connectivity index (χ0v) is 15.7. The summed E-state index contributed by atoms with van der Waals surface area (Å²) in [4.78, 5) is 4.26. The van der Waals surface area contributed by atoms with Crippen LogP contribution in [0.25, 0.3) is 0 Å². The number of quaternary nitrogens is 1. The van der Waals surface area contributed by atoms with Crippen LogP contribution in [0.3, 0.4) is 0 Å². The maximum atomic E-state index is 2.46. The summed E-state index contributed by atoms with van der Waals surface area (Å²) in [5, 5.41) is 0. The first-order valence-corrected chi connectivity index (χ1v) is 10.3. The van der Waals surface area contributed by atoms with Gasteiger partial charge in [-0.3, -0.25) is 4.90 Å². The summed E-state index contributed by atoms with van der Waals surface area (Å²) in [5.74, 6) is 0. The molecule has 1 aliphatic heterocycles. The molecular formula is C20H43N2+. The lowest BCUT2D eigenvalue weighted by molar-refractivity contribution is -0.891. The van der Waals surface area contributed by atoms with Gasteiger partial charge < -0.3 is 4.90 Å². The molecule has 1 unspecified atom stereocenters. The largest absolute Gasteiger partial charge is 0.321 e. The Morgan fingerprint density at radius 1 is 0.682 bits per heavy atom. The molecule has 0 saturated carbocycles. The van der Waals surface area contributed by atoms with Gasteiger partial charge in [0.15, 0.2) is 0 Å². The average Bonchev–Trinajstić information content (AvgIpc) is 2.93. The fourth-order valence-corrected chi connectivity index (χ4v) is 3.66.